The minimum absolute atomic E-state index is 0.111. The second-order valence-corrected chi connectivity index (χ2v) is 6.59. The number of hydrogen-bond donors (Lipinski definition) is 0. The summed E-state index contributed by atoms with van der Waals surface area (Å²) in [6.45, 7) is 2.31. The van der Waals surface area contributed by atoms with Crippen molar-refractivity contribution < 1.29 is 19.2 Å². The van der Waals surface area contributed by atoms with Crippen molar-refractivity contribution in [2.75, 3.05) is 18.1 Å². The molecule has 6 nitrogen and oxygen atoms in total. The van der Waals surface area contributed by atoms with Crippen molar-refractivity contribution in [2.45, 2.75) is 19.4 Å². The van der Waals surface area contributed by atoms with E-state index in [1.807, 2.05) is 60.7 Å². The standard InChI is InChI=1S/C22H20N2O4/c1-2-27-22(26)19-13-17(28-23-19)14-24-20-10-6-4-8-16(20)12-11-15-7-3-5-9-18(15)21(24)25/h3-12,17H,2,13-14H2,1H3/b12-11-. The zero-order valence-electron chi connectivity index (χ0n) is 15.5. The highest BCUT2D eigenvalue weighted by Crippen LogP contribution is 2.29. The molecule has 0 saturated carbocycles. The van der Waals surface area contributed by atoms with Gasteiger partial charge in [-0.1, -0.05) is 53.7 Å². The summed E-state index contributed by atoms with van der Waals surface area (Å²) in [5, 5.41) is 3.86. The van der Waals surface area contributed by atoms with Crippen LogP contribution >= 0.6 is 0 Å². The fourth-order valence-electron chi connectivity index (χ4n) is 3.39. The number of amides is 1. The van der Waals surface area contributed by atoms with Gasteiger partial charge in [0.1, 0.15) is 0 Å². The lowest BCUT2D eigenvalue weighted by atomic mass is 10.00. The molecule has 2 aromatic rings. The third kappa shape index (κ3) is 3.41. The van der Waals surface area contributed by atoms with Crippen molar-refractivity contribution >= 4 is 35.4 Å². The average Bonchev–Trinajstić information content (AvgIpc) is 3.19. The molecule has 0 saturated heterocycles. The third-order valence-electron chi connectivity index (χ3n) is 4.74. The number of fused-ring (bicyclic) bond motifs is 2. The Bertz CT molecular complexity index is 980. The zero-order chi connectivity index (χ0) is 19.5. The van der Waals surface area contributed by atoms with Gasteiger partial charge >= 0.3 is 5.97 Å². The fraction of sp³-hybridized carbons (Fsp3) is 0.227. The van der Waals surface area contributed by atoms with E-state index in [1.54, 1.807) is 11.8 Å². The highest BCUT2D eigenvalue weighted by molar-refractivity contribution is 6.36. The summed E-state index contributed by atoms with van der Waals surface area (Å²) in [6, 6.07) is 15.2. The Balaban J connectivity index is 1.64. The summed E-state index contributed by atoms with van der Waals surface area (Å²) in [6.07, 6.45) is 3.86. The van der Waals surface area contributed by atoms with E-state index in [0.717, 1.165) is 16.8 Å². The maximum absolute atomic E-state index is 13.4. The second kappa shape index (κ2) is 7.68. The first-order chi connectivity index (χ1) is 13.7. The number of anilines is 1. The number of carbonyl (C=O) groups excluding carboxylic acids is 2. The summed E-state index contributed by atoms with van der Waals surface area (Å²) in [4.78, 5) is 32.4. The quantitative estimate of drug-likeness (QED) is 0.766. The van der Waals surface area contributed by atoms with Crippen LogP contribution in [0.25, 0.3) is 12.2 Å². The zero-order valence-corrected chi connectivity index (χ0v) is 15.5. The molecule has 142 valence electrons. The Morgan fingerprint density at radius 1 is 1.14 bits per heavy atom. The maximum atomic E-state index is 13.4. The van der Waals surface area contributed by atoms with Crippen LogP contribution in [0.1, 0.15) is 34.8 Å². The number of hydrogen-bond acceptors (Lipinski definition) is 5. The Hall–Kier alpha value is -3.41. The van der Waals surface area contributed by atoms with Crippen LogP contribution in [0, 0.1) is 0 Å². The van der Waals surface area contributed by atoms with E-state index < -0.39 is 12.1 Å². The van der Waals surface area contributed by atoms with E-state index in [9.17, 15) is 9.59 Å². The molecule has 1 atom stereocenters. The average molecular weight is 376 g/mol. The van der Waals surface area contributed by atoms with E-state index in [-0.39, 0.29) is 24.8 Å². The molecular weight excluding hydrogens is 356 g/mol. The van der Waals surface area contributed by atoms with Crippen molar-refractivity contribution in [3.8, 4) is 0 Å². The summed E-state index contributed by atoms with van der Waals surface area (Å²) in [7, 11) is 0. The summed E-state index contributed by atoms with van der Waals surface area (Å²) >= 11 is 0. The Morgan fingerprint density at radius 3 is 2.68 bits per heavy atom. The van der Waals surface area contributed by atoms with Crippen molar-refractivity contribution in [3.05, 3.63) is 65.2 Å². The molecule has 0 aliphatic carbocycles. The Morgan fingerprint density at radius 2 is 1.86 bits per heavy atom. The minimum Gasteiger partial charge on any atom is -0.461 e. The van der Waals surface area contributed by atoms with Gasteiger partial charge in [-0.2, -0.15) is 0 Å². The smallest absolute Gasteiger partial charge is 0.356 e. The molecule has 2 heterocycles. The fourth-order valence-corrected chi connectivity index (χ4v) is 3.39. The van der Waals surface area contributed by atoms with Crippen LogP contribution in [0.4, 0.5) is 5.69 Å². The van der Waals surface area contributed by atoms with Gasteiger partial charge in [0.15, 0.2) is 11.8 Å². The van der Waals surface area contributed by atoms with E-state index >= 15 is 0 Å². The van der Waals surface area contributed by atoms with Gasteiger partial charge in [-0.25, -0.2) is 4.79 Å². The molecule has 0 N–H and O–H groups in total. The largest absolute Gasteiger partial charge is 0.461 e. The topological polar surface area (TPSA) is 68.2 Å². The SMILES string of the molecule is CCOC(=O)C1=NOC(CN2C(=O)c3ccccc3/C=C\c3ccccc32)C1. The van der Waals surface area contributed by atoms with Gasteiger partial charge in [-0.15, -0.1) is 0 Å². The number of rotatable bonds is 4. The van der Waals surface area contributed by atoms with E-state index in [0.29, 0.717) is 12.0 Å². The predicted molar refractivity (Wildman–Crippen MR) is 107 cm³/mol. The molecule has 0 spiro atoms. The van der Waals surface area contributed by atoms with Crippen LogP contribution in [-0.2, 0) is 14.4 Å². The van der Waals surface area contributed by atoms with E-state index in [2.05, 4.69) is 5.16 Å². The van der Waals surface area contributed by atoms with Crippen LogP contribution in [0.5, 0.6) is 0 Å². The van der Waals surface area contributed by atoms with Crippen LogP contribution in [0.2, 0.25) is 0 Å². The number of oxime groups is 1. The van der Waals surface area contributed by atoms with Crippen molar-refractivity contribution in [1.82, 2.24) is 0 Å². The third-order valence-corrected chi connectivity index (χ3v) is 4.74. The highest BCUT2D eigenvalue weighted by atomic mass is 16.6. The van der Waals surface area contributed by atoms with Gasteiger partial charge in [-0.05, 0) is 30.2 Å². The van der Waals surface area contributed by atoms with Crippen molar-refractivity contribution in [1.29, 1.82) is 0 Å². The van der Waals surface area contributed by atoms with Gasteiger partial charge in [-0.3, -0.25) is 4.79 Å². The lowest BCUT2D eigenvalue weighted by molar-refractivity contribution is -0.135. The monoisotopic (exact) mass is 376 g/mol. The molecule has 1 unspecified atom stereocenters. The summed E-state index contributed by atoms with van der Waals surface area (Å²) < 4.78 is 4.99. The van der Waals surface area contributed by atoms with Crippen molar-refractivity contribution in [2.24, 2.45) is 5.16 Å². The lowest BCUT2D eigenvalue weighted by Gasteiger charge is -2.28. The van der Waals surface area contributed by atoms with Gasteiger partial charge in [0.05, 0.1) is 18.8 Å². The summed E-state index contributed by atoms with van der Waals surface area (Å²) in [5.41, 5.74) is 3.47. The number of benzene rings is 2. The number of esters is 1. The van der Waals surface area contributed by atoms with Crippen LogP contribution in [0.15, 0.2) is 53.7 Å². The molecule has 4 rings (SSSR count). The molecule has 2 aliphatic rings. The van der Waals surface area contributed by atoms with Gasteiger partial charge < -0.3 is 14.5 Å². The molecule has 1 amide bonds. The molecule has 28 heavy (non-hydrogen) atoms. The number of ether oxygens (including phenoxy) is 1. The molecule has 2 aliphatic heterocycles. The minimum atomic E-state index is -0.474. The lowest BCUT2D eigenvalue weighted by Crippen LogP contribution is -2.39. The Labute approximate surface area is 163 Å². The number of carbonyl (C=O) groups is 2. The number of para-hydroxylation sites is 1. The van der Waals surface area contributed by atoms with E-state index in [4.69, 9.17) is 9.57 Å². The van der Waals surface area contributed by atoms with Gasteiger partial charge in [0.2, 0.25) is 0 Å². The molecule has 0 radical (unpaired) electrons. The highest BCUT2D eigenvalue weighted by Gasteiger charge is 2.32. The molecule has 0 bridgehead atoms. The number of nitrogens with zero attached hydrogens (tertiary/aromatic N) is 2. The van der Waals surface area contributed by atoms with Gasteiger partial charge in [0.25, 0.3) is 5.91 Å². The predicted octanol–water partition coefficient (Wildman–Crippen LogP) is 3.53. The van der Waals surface area contributed by atoms with Crippen LogP contribution in [-0.4, -0.2) is 36.8 Å². The molecule has 0 aromatic heterocycles. The Kier molecular flexibility index (Phi) is 4.93. The molecule has 0 fully saturated rings. The van der Waals surface area contributed by atoms with E-state index in [1.165, 1.54) is 0 Å². The second-order valence-electron chi connectivity index (χ2n) is 6.59. The first-order valence-electron chi connectivity index (χ1n) is 9.25. The molecular formula is C22H20N2O4. The normalized spacial score (nSPS) is 18.9. The summed E-state index contributed by atoms with van der Waals surface area (Å²) in [5.74, 6) is -0.585. The van der Waals surface area contributed by atoms with Crippen LogP contribution in [0.3, 0.4) is 0 Å². The first kappa shape index (κ1) is 18.0. The van der Waals surface area contributed by atoms with Gasteiger partial charge in [0, 0.05) is 12.0 Å². The molecule has 6 heteroatoms. The maximum Gasteiger partial charge on any atom is 0.356 e. The first-order valence-corrected chi connectivity index (χ1v) is 9.25. The molecule has 2 aromatic carbocycles. The van der Waals surface area contributed by atoms with Crippen molar-refractivity contribution in [3.63, 3.8) is 0 Å². The van der Waals surface area contributed by atoms with Crippen LogP contribution < -0.4 is 4.90 Å².